The second-order valence-corrected chi connectivity index (χ2v) is 8.82. The van der Waals surface area contributed by atoms with Gasteiger partial charge in [0, 0.05) is 18.3 Å². The summed E-state index contributed by atoms with van der Waals surface area (Å²) in [5.74, 6) is -0.456. The maximum atomic E-state index is 13.3. The molecule has 9 heteroatoms. The first-order valence-electron chi connectivity index (χ1n) is 9.43. The van der Waals surface area contributed by atoms with E-state index in [4.69, 9.17) is 4.74 Å². The summed E-state index contributed by atoms with van der Waals surface area (Å²) in [5.41, 5.74) is 1.41. The van der Waals surface area contributed by atoms with E-state index >= 15 is 0 Å². The molecule has 0 saturated carbocycles. The van der Waals surface area contributed by atoms with Crippen molar-refractivity contribution in [2.24, 2.45) is 0 Å². The van der Waals surface area contributed by atoms with Gasteiger partial charge in [0.05, 0.1) is 24.7 Å². The number of nitrogens with one attached hydrogen (secondary N) is 1. The van der Waals surface area contributed by atoms with Crippen molar-refractivity contribution in [2.75, 3.05) is 26.1 Å². The summed E-state index contributed by atoms with van der Waals surface area (Å²) < 4.78 is 37.6. The van der Waals surface area contributed by atoms with E-state index in [1.165, 1.54) is 36.7 Å². The number of hydrogen-bond acceptors (Lipinski definition) is 6. The third-order valence-electron chi connectivity index (χ3n) is 5.06. The Bertz CT molecular complexity index is 1050. The van der Waals surface area contributed by atoms with Gasteiger partial charge in [-0.1, -0.05) is 6.07 Å². The number of hydrogen-bond donors (Lipinski definition) is 1. The number of amides is 1. The topological polar surface area (TPSA) is 102 Å². The van der Waals surface area contributed by atoms with Crippen LogP contribution in [0.5, 0.6) is 5.75 Å². The molecule has 160 valence electrons. The molecule has 3 rings (SSSR count). The lowest BCUT2D eigenvalue weighted by Crippen LogP contribution is -2.43. The number of carbonyl (C=O) groups is 2. The van der Waals surface area contributed by atoms with Gasteiger partial charge in [0.25, 0.3) is 0 Å². The van der Waals surface area contributed by atoms with Crippen molar-refractivity contribution in [2.45, 2.75) is 30.7 Å². The minimum Gasteiger partial charge on any atom is -0.497 e. The number of sulfonamides is 1. The van der Waals surface area contributed by atoms with Gasteiger partial charge >= 0.3 is 5.97 Å². The highest BCUT2D eigenvalue weighted by Crippen LogP contribution is 2.30. The molecule has 1 atom stereocenters. The Kier molecular flexibility index (Phi) is 6.42. The summed E-state index contributed by atoms with van der Waals surface area (Å²) in [6, 6.07) is 10.2. The van der Waals surface area contributed by atoms with Crippen molar-refractivity contribution in [3.63, 3.8) is 0 Å². The fourth-order valence-electron chi connectivity index (χ4n) is 3.43. The molecule has 1 aliphatic heterocycles. The summed E-state index contributed by atoms with van der Waals surface area (Å²) in [4.78, 5) is 24.5. The van der Waals surface area contributed by atoms with E-state index in [1.807, 2.05) is 0 Å². The molecule has 1 saturated heterocycles. The standard InChI is InChI=1S/C21H24N2O6S/c1-14-6-11-17(28-2)13-19(14)30(26,27)23-12-4-5-18(23)20(24)22-16-9-7-15(8-10-16)21(25)29-3/h6-11,13,18H,4-5,12H2,1-3H3,(H,22,24)/t18-/m1/s1. The fraction of sp³-hybridized carbons (Fsp3) is 0.333. The van der Waals surface area contributed by atoms with Crippen LogP contribution >= 0.6 is 0 Å². The van der Waals surface area contributed by atoms with Gasteiger partial charge in [-0.25, -0.2) is 13.2 Å². The first-order valence-corrected chi connectivity index (χ1v) is 10.9. The van der Waals surface area contributed by atoms with Crippen LogP contribution < -0.4 is 10.1 Å². The number of anilines is 1. The quantitative estimate of drug-likeness (QED) is 0.704. The number of carbonyl (C=O) groups excluding carboxylic acids is 2. The number of nitrogens with zero attached hydrogens (tertiary/aromatic N) is 1. The van der Waals surface area contributed by atoms with Crippen LogP contribution in [0.25, 0.3) is 0 Å². The molecule has 1 heterocycles. The van der Waals surface area contributed by atoms with Crippen LogP contribution in [0.1, 0.15) is 28.8 Å². The Morgan fingerprint density at radius 1 is 1.10 bits per heavy atom. The Balaban J connectivity index is 1.81. The van der Waals surface area contributed by atoms with E-state index in [-0.39, 0.29) is 11.4 Å². The number of ether oxygens (including phenoxy) is 2. The molecule has 30 heavy (non-hydrogen) atoms. The normalized spacial score (nSPS) is 16.8. The van der Waals surface area contributed by atoms with Crippen LogP contribution in [-0.2, 0) is 19.6 Å². The molecular weight excluding hydrogens is 408 g/mol. The van der Waals surface area contributed by atoms with Crippen LogP contribution in [0.3, 0.4) is 0 Å². The van der Waals surface area contributed by atoms with Gasteiger partial charge in [0.1, 0.15) is 11.8 Å². The summed E-state index contributed by atoms with van der Waals surface area (Å²) >= 11 is 0. The van der Waals surface area contributed by atoms with Gasteiger partial charge in [-0.3, -0.25) is 4.79 Å². The number of benzene rings is 2. The van der Waals surface area contributed by atoms with Crippen LogP contribution in [0.4, 0.5) is 5.69 Å². The highest BCUT2D eigenvalue weighted by atomic mass is 32.2. The molecule has 1 fully saturated rings. The molecule has 8 nitrogen and oxygen atoms in total. The monoisotopic (exact) mass is 432 g/mol. The third kappa shape index (κ3) is 4.31. The number of methoxy groups -OCH3 is 2. The zero-order chi connectivity index (χ0) is 21.9. The Labute approximate surface area is 175 Å². The summed E-state index contributed by atoms with van der Waals surface area (Å²) in [5, 5.41) is 2.74. The molecule has 0 bridgehead atoms. The first-order chi connectivity index (χ1) is 14.3. The van der Waals surface area contributed by atoms with E-state index in [0.29, 0.717) is 35.4 Å². The van der Waals surface area contributed by atoms with Crippen molar-refractivity contribution in [3.05, 3.63) is 53.6 Å². The van der Waals surface area contributed by atoms with Gasteiger partial charge in [0.2, 0.25) is 15.9 Å². The lowest BCUT2D eigenvalue weighted by Gasteiger charge is -2.24. The van der Waals surface area contributed by atoms with Crippen molar-refractivity contribution in [1.29, 1.82) is 0 Å². The van der Waals surface area contributed by atoms with Gasteiger partial charge in [0.15, 0.2) is 0 Å². The average molecular weight is 432 g/mol. The van der Waals surface area contributed by atoms with Gasteiger partial charge in [-0.05, 0) is 55.7 Å². The second kappa shape index (κ2) is 8.85. The predicted octanol–water partition coefficient (Wildman–Crippen LogP) is 2.58. The zero-order valence-corrected chi connectivity index (χ0v) is 17.9. The molecule has 1 N–H and O–H groups in total. The van der Waals surface area contributed by atoms with E-state index in [1.54, 1.807) is 31.2 Å². The molecule has 0 aliphatic carbocycles. The van der Waals surface area contributed by atoms with E-state index in [9.17, 15) is 18.0 Å². The molecule has 0 spiro atoms. The Morgan fingerprint density at radius 2 is 1.80 bits per heavy atom. The number of aryl methyl sites for hydroxylation is 1. The molecule has 1 amide bonds. The number of rotatable bonds is 6. The maximum Gasteiger partial charge on any atom is 0.337 e. The van der Waals surface area contributed by atoms with Crippen molar-refractivity contribution in [1.82, 2.24) is 4.31 Å². The van der Waals surface area contributed by atoms with Crippen LogP contribution in [0, 0.1) is 6.92 Å². The van der Waals surface area contributed by atoms with Crippen molar-refractivity contribution < 1.29 is 27.5 Å². The highest BCUT2D eigenvalue weighted by molar-refractivity contribution is 7.89. The Morgan fingerprint density at radius 3 is 2.43 bits per heavy atom. The largest absolute Gasteiger partial charge is 0.497 e. The van der Waals surface area contributed by atoms with Crippen LogP contribution in [0.2, 0.25) is 0 Å². The van der Waals surface area contributed by atoms with Gasteiger partial charge < -0.3 is 14.8 Å². The van der Waals surface area contributed by atoms with E-state index in [2.05, 4.69) is 10.1 Å². The maximum absolute atomic E-state index is 13.3. The minimum atomic E-state index is -3.88. The zero-order valence-electron chi connectivity index (χ0n) is 17.0. The summed E-state index contributed by atoms with van der Waals surface area (Å²) in [6.45, 7) is 1.97. The fourth-order valence-corrected chi connectivity index (χ4v) is 5.33. The Hall–Kier alpha value is -2.91. The molecule has 0 aromatic heterocycles. The lowest BCUT2D eigenvalue weighted by molar-refractivity contribution is -0.119. The predicted molar refractivity (Wildman–Crippen MR) is 111 cm³/mol. The molecule has 0 unspecified atom stereocenters. The van der Waals surface area contributed by atoms with Crippen molar-refractivity contribution >= 4 is 27.6 Å². The van der Waals surface area contributed by atoms with Gasteiger partial charge in [-0.15, -0.1) is 0 Å². The highest BCUT2D eigenvalue weighted by Gasteiger charge is 2.40. The lowest BCUT2D eigenvalue weighted by atomic mass is 10.2. The minimum absolute atomic E-state index is 0.129. The number of esters is 1. The van der Waals surface area contributed by atoms with Crippen LogP contribution in [-0.4, -0.2) is 51.4 Å². The second-order valence-electron chi connectivity index (χ2n) is 6.96. The third-order valence-corrected chi connectivity index (χ3v) is 7.11. The SMILES string of the molecule is COC(=O)c1ccc(NC(=O)[C@H]2CCCN2S(=O)(=O)c2cc(OC)ccc2C)cc1. The molecule has 1 aliphatic rings. The summed E-state index contributed by atoms with van der Waals surface area (Å²) in [6.07, 6.45) is 1.01. The molecule has 2 aromatic carbocycles. The first kappa shape index (κ1) is 21.8. The molecule has 0 radical (unpaired) electrons. The summed E-state index contributed by atoms with van der Waals surface area (Å²) in [7, 11) is -1.12. The van der Waals surface area contributed by atoms with Crippen molar-refractivity contribution in [3.8, 4) is 5.75 Å². The van der Waals surface area contributed by atoms with E-state index < -0.39 is 27.9 Å². The molecule has 2 aromatic rings. The smallest absolute Gasteiger partial charge is 0.337 e. The van der Waals surface area contributed by atoms with E-state index in [0.717, 1.165) is 0 Å². The average Bonchev–Trinajstić information content (AvgIpc) is 3.25. The van der Waals surface area contributed by atoms with Gasteiger partial charge in [-0.2, -0.15) is 4.31 Å². The molecular formula is C21H24N2O6S. The van der Waals surface area contributed by atoms with Crippen LogP contribution in [0.15, 0.2) is 47.4 Å².